The van der Waals surface area contributed by atoms with E-state index in [1.54, 1.807) is 12.4 Å². The second-order valence-corrected chi connectivity index (χ2v) is 4.86. The molecule has 2 rings (SSSR count). The summed E-state index contributed by atoms with van der Waals surface area (Å²) < 4.78 is 2.11. The van der Waals surface area contributed by atoms with Gasteiger partial charge in [0.05, 0.1) is 29.8 Å². The Hall–Kier alpha value is -1.68. The van der Waals surface area contributed by atoms with Crippen LogP contribution < -0.4 is 5.73 Å². The molecule has 0 aliphatic heterocycles. The minimum atomic E-state index is -0.391. The highest BCUT2D eigenvalue weighted by atomic mass is 15.1. The maximum Gasteiger partial charge on any atom is 0.0954 e. The van der Waals surface area contributed by atoms with Gasteiger partial charge in [0.15, 0.2) is 0 Å². The molecule has 17 heavy (non-hydrogen) atoms. The van der Waals surface area contributed by atoms with Crippen LogP contribution in [0, 0.1) is 0 Å². The van der Waals surface area contributed by atoms with E-state index in [1.807, 2.05) is 38.5 Å². The molecule has 4 nitrogen and oxygen atoms in total. The van der Waals surface area contributed by atoms with Crippen LogP contribution in [-0.2, 0) is 5.54 Å². The van der Waals surface area contributed by atoms with Crippen LogP contribution in [0.1, 0.15) is 38.1 Å². The van der Waals surface area contributed by atoms with Crippen molar-refractivity contribution in [1.82, 2.24) is 14.5 Å². The van der Waals surface area contributed by atoms with Crippen molar-refractivity contribution < 1.29 is 0 Å². The molecule has 2 aromatic heterocycles. The molecule has 1 unspecified atom stereocenters. The number of hydrogen-bond acceptors (Lipinski definition) is 3. The molecule has 0 spiro atoms. The van der Waals surface area contributed by atoms with Gasteiger partial charge in [0.2, 0.25) is 0 Å². The molecular weight excluding hydrogens is 212 g/mol. The predicted octanol–water partition coefficient (Wildman–Crippen LogP) is 2.08. The monoisotopic (exact) mass is 230 g/mol. The second-order valence-electron chi connectivity index (χ2n) is 4.86. The third-order valence-corrected chi connectivity index (χ3v) is 2.93. The third-order valence-electron chi connectivity index (χ3n) is 2.93. The predicted molar refractivity (Wildman–Crippen MR) is 67.5 cm³/mol. The Bertz CT molecular complexity index is 482. The first-order chi connectivity index (χ1) is 8.00. The summed E-state index contributed by atoms with van der Waals surface area (Å²) in [6.45, 7) is 6.10. The maximum absolute atomic E-state index is 6.14. The maximum atomic E-state index is 6.14. The van der Waals surface area contributed by atoms with E-state index in [0.29, 0.717) is 0 Å². The summed E-state index contributed by atoms with van der Waals surface area (Å²) >= 11 is 0. The van der Waals surface area contributed by atoms with Crippen molar-refractivity contribution in [2.24, 2.45) is 5.73 Å². The van der Waals surface area contributed by atoms with Gasteiger partial charge in [-0.05, 0) is 38.5 Å². The van der Waals surface area contributed by atoms with Crippen LogP contribution in [0.4, 0.5) is 0 Å². The van der Waals surface area contributed by atoms with Crippen molar-refractivity contribution in [2.75, 3.05) is 0 Å². The summed E-state index contributed by atoms with van der Waals surface area (Å²) in [6, 6.07) is 4.23. The largest absolute Gasteiger partial charge is 0.326 e. The smallest absolute Gasteiger partial charge is 0.0954 e. The number of rotatable bonds is 3. The molecule has 0 aliphatic rings. The summed E-state index contributed by atoms with van der Waals surface area (Å²) in [6.07, 6.45) is 7.26. The molecule has 0 bridgehead atoms. The van der Waals surface area contributed by atoms with E-state index >= 15 is 0 Å². The van der Waals surface area contributed by atoms with Crippen LogP contribution in [0.5, 0.6) is 0 Å². The average molecular weight is 230 g/mol. The molecule has 0 radical (unpaired) electrons. The molecule has 2 N–H and O–H groups in total. The molecule has 2 heterocycles. The fraction of sp³-hybridized carbons (Fsp3) is 0.385. The third kappa shape index (κ3) is 2.36. The normalized spacial score (nSPS) is 13.6. The average Bonchev–Trinajstić information content (AvgIpc) is 2.78. The summed E-state index contributed by atoms with van der Waals surface area (Å²) in [7, 11) is 0. The van der Waals surface area contributed by atoms with Crippen molar-refractivity contribution in [3.8, 4) is 0 Å². The first-order valence-electron chi connectivity index (χ1n) is 5.71. The van der Waals surface area contributed by atoms with Gasteiger partial charge in [-0.25, -0.2) is 4.98 Å². The van der Waals surface area contributed by atoms with Gasteiger partial charge < -0.3 is 10.3 Å². The summed E-state index contributed by atoms with van der Waals surface area (Å²) in [5.41, 5.74) is 7.98. The second kappa shape index (κ2) is 4.30. The lowest BCUT2D eigenvalue weighted by Gasteiger charge is -2.24. The number of nitrogens with zero attached hydrogens (tertiary/aromatic N) is 3. The van der Waals surface area contributed by atoms with E-state index in [1.165, 1.54) is 5.56 Å². The van der Waals surface area contributed by atoms with E-state index < -0.39 is 5.54 Å². The summed E-state index contributed by atoms with van der Waals surface area (Å²) in [4.78, 5) is 8.23. The Balaban J connectivity index is 2.39. The van der Waals surface area contributed by atoms with Gasteiger partial charge in [-0.1, -0.05) is 0 Å². The van der Waals surface area contributed by atoms with Crippen molar-refractivity contribution >= 4 is 0 Å². The van der Waals surface area contributed by atoms with Crippen molar-refractivity contribution in [2.45, 2.75) is 32.4 Å². The molecule has 1 atom stereocenters. The number of hydrogen-bond donors (Lipinski definition) is 1. The van der Waals surface area contributed by atoms with Crippen molar-refractivity contribution in [3.63, 3.8) is 0 Å². The van der Waals surface area contributed by atoms with Crippen LogP contribution in [0.3, 0.4) is 0 Å². The van der Waals surface area contributed by atoms with Gasteiger partial charge in [0.1, 0.15) is 0 Å². The SMILES string of the molecule is CC(c1ccncc1)n1cncc1C(C)(C)N. The Kier molecular flexibility index (Phi) is 2.98. The minimum Gasteiger partial charge on any atom is -0.326 e. The molecule has 0 aliphatic carbocycles. The number of nitrogens with two attached hydrogens (primary N) is 1. The number of pyridine rings is 1. The molecule has 0 amide bonds. The minimum absolute atomic E-state index is 0.207. The highest BCUT2D eigenvalue weighted by Crippen LogP contribution is 2.24. The molecule has 0 aromatic carbocycles. The van der Waals surface area contributed by atoms with E-state index in [2.05, 4.69) is 21.5 Å². The quantitative estimate of drug-likeness (QED) is 0.878. The van der Waals surface area contributed by atoms with Crippen LogP contribution >= 0.6 is 0 Å². The molecule has 2 aromatic rings. The highest BCUT2D eigenvalue weighted by molar-refractivity contribution is 5.19. The van der Waals surface area contributed by atoms with Gasteiger partial charge in [0.25, 0.3) is 0 Å². The standard InChI is InChI=1S/C13H18N4/c1-10(11-4-6-15-7-5-11)17-9-16-8-12(17)13(2,3)14/h4-10H,14H2,1-3H3. The fourth-order valence-electron chi connectivity index (χ4n) is 1.91. The fourth-order valence-corrected chi connectivity index (χ4v) is 1.91. The zero-order valence-corrected chi connectivity index (χ0v) is 10.5. The molecule has 0 saturated carbocycles. The van der Waals surface area contributed by atoms with Crippen molar-refractivity contribution in [3.05, 3.63) is 48.3 Å². The first kappa shape index (κ1) is 11.8. The van der Waals surface area contributed by atoms with Crippen LogP contribution in [0.25, 0.3) is 0 Å². The first-order valence-corrected chi connectivity index (χ1v) is 5.71. The topological polar surface area (TPSA) is 56.7 Å². The van der Waals surface area contributed by atoms with Crippen LogP contribution in [0.2, 0.25) is 0 Å². The molecule has 4 heteroatoms. The summed E-state index contributed by atoms with van der Waals surface area (Å²) in [5, 5.41) is 0. The Morgan fingerprint density at radius 3 is 2.47 bits per heavy atom. The van der Waals surface area contributed by atoms with Gasteiger partial charge >= 0.3 is 0 Å². The summed E-state index contributed by atoms with van der Waals surface area (Å²) in [5.74, 6) is 0. The lowest BCUT2D eigenvalue weighted by molar-refractivity contribution is 0.477. The number of imidazole rings is 1. The lowest BCUT2D eigenvalue weighted by Crippen LogP contribution is -2.32. The van der Waals surface area contributed by atoms with Crippen molar-refractivity contribution in [1.29, 1.82) is 0 Å². The highest BCUT2D eigenvalue weighted by Gasteiger charge is 2.21. The Morgan fingerprint density at radius 2 is 1.88 bits per heavy atom. The zero-order chi connectivity index (χ0) is 12.5. The van der Waals surface area contributed by atoms with E-state index in [-0.39, 0.29) is 6.04 Å². The van der Waals surface area contributed by atoms with Crippen LogP contribution in [-0.4, -0.2) is 14.5 Å². The van der Waals surface area contributed by atoms with Gasteiger partial charge in [-0.2, -0.15) is 0 Å². The zero-order valence-electron chi connectivity index (χ0n) is 10.5. The van der Waals surface area contributed by atoms with Gasteiger partial charge in [0, 0.05) is 12.4 Å². The van der Waals surface area contributed by atoms with Gasteiger partial charge in [-0.3, -0.25) is 4.98 Å². The van der Waals surface area contributed by atoms with Crippen LogP contribution in [0.15, 0.2) is 37.1 Å². The Morgan fingerprint density at radius 1 is 1.24 bits per heavy atom. The molecular formula is C13H18N4. The van der Waals surface area contributed by atoms with E-state index in [9.17, 15) is 0 Å². The molecule has 0 fully saturated rings. The number of aromatic nitrogens is 3. The van der Waals surface area contributed by atoms with E-state index in [0.717, 1.165) is 5.69 Å². The Labute approximate surface area is 102 Å². The molecule has 90 valence electrons. The van der Waals surface area contributed by atoms with E-state index in [4.69, 9.17) is 5.73 Å². The molecule has 0 saturated heterocycles. The van der Waals surface area contributed by atoms with Gasteiger partial charge in [-0.15, -0.1) is 0 Å². The lowest BCUT2D eigenvalue weighted by atomic mass is 10.0.